The maximum absolute atomic E-state index is 12.4. The number of hydrazone groups is 1. The van der Waals surface area contributed by atoms with Crippen LogP contribution in [0.5, 0.6) is 0 Å². The van der Waals surface area contributed by atoms with Crippen LogP contribution in [0.1, 0.15) is 49.8 Å². The van der Waals surface area contributed by atoms with Gasteiger partial charge in [0.05, 0.1) is 10.9 Å². The van der Waals surface area contributed by atoms with Crippen molar-refractivity contribution >= 4 is 22.5 Å². The molecule has 1 amide bonds. The molecule has 1 N–H and O–H groups in total. The molecule has 0 spiro atoms. The van der Waals surface area contributed by atoms with Crippen LogP contribution in [0.4, 0.5) is 0 Å². The highest BCUT2D eigenvalue weighted by atomic mass is 16.2. The van der Waals surface area contributed by atoms with Gasteiger partial charge < -0.3 is 0 Å². The summed E-state index contributed by atoms with van der Waals surface area (Å²) in [6.07, 6.45) is 2.72. The minimum atomic E-state index is -0.290. The molecule has 1 aromatic carbocycles. The summed E-state index contributed by atoms with van der Waals surface area (Å²) in [7, 11) is 0. The first-order valence-electron chi connectivity index (χ1n) is 8.39. The molecule has 1 atom stereocenters. The fourth-order valence-corrected chi connectivity index (χ4v) is 2.83. The minimum absolute atomic E-state index is 0.0231. The number of benzene rings is 1. The van der Waals surface area contributed by atoms with E-state index in [9.17, 15) is 9.59 Å². The maximum atomic E-state index is 12.4. The van der Waals surface area contributed by atoms with Crippen molar-refractivity contribution in [2.24, 2.45) is 11.0 Å². The van der Waals surface area contributed by atoms with E-state index in [1.807, 2.05) is 6.92 Å². The second kappa shape index (κ2) is 6.55. The molecule has 0 aliphatic carbocycles. The highest BCUT2D eigenvalue weighted by molar-refractivity contribution is 5.98. The van der Waals surface area contributed by atoms with Gasteiger partial charge in [-0.05, 0) is 43.9 Å². The first kappa shape index (κ1) is 16.4. The molecule has 0 bridgehead atoms. The van der Waals surface area contributed by atoms with Crippen LogP contribution in [0.3, 0.4) is 0 Å². The van der Waals surface area contributed by atoms with Gasteiger partial charge in [-0.3, -0.25) is 14.2 Å². The Morgan fingerprint density at radius 3 is 3.00 bits per heavy atom. The fourth-order valence-electron chi connectivity index (χ4n) is 2.83. The molecule has 3 rings (SSSR count). The van der Waals surface area contributed by atoms with Gasteiger partial charge in [0.2, 0.25) is 0 Å². The van der Waals surface area contributed by atoms with Crippen LogP contribution < -0.4 is 11.0 Å². The van der Waals surface area contributed by atoms with E-state index in [4.69, 9.17) is 0 Å². The molecule has 6 heteroatoms. The van der Waals surface area contributed by atoms with Gasteiger partial charge in [0.15, 0.2) is 0 Å². The lowest BCUT2D eigenvalue weighted by Crippen LogP contribution is -2.23. The van der Waals surface area contributed by atoms with Gasteiger partial charge in [0, 0.05) is 24.2 Å². The third-order valence-corrected chi connectivity index (χ3v) is 4.74. The second-order valence-electron chi connectivity index (χ2n) is 6.32. The van der Waals surface area contributed by atoms with Gasteiger partial charge in [-0.2, -0.15) is 5.10 Å². The summed E-state index contributed by atoms with van der Waals surface area (Å²) in [5.41, 5.74) is 4.48. The van der Waals surface area contributed by atoms with Crippen LogP contribution in [0.15, 0.2) is 28.1 Å². The number of rotatable bonds is 4. The molecule has 0 radical (unpaired) electrons. The van der Waals surface area contributed by atoms with Crippen molar-refractivity contribution in [1.29, 1.82) is 0 Å². The highest BCUT2D eigenvalue weighted by Crippen LogP contribution is 2.16. The number of fused-ring (bicyclic) bond motifs is 2. The summed E-state index contributed by atoms with van der Waals surface area (Å²) >= 11 is 0. The molecule has 1 aliphatic rings. The highest BCUT2D eigenvalue weighted by Gasteiger charge is 2.17. The predicted octanol–water partition coefficient (Wildman–Crippen LogP) is 2.49. The van der Waals surface area contributed by atoms with Crippen molar-refractivity contribution in [3.63, 3.8) is 0 Å². The van der Waals surface area contributed by atoms with E-state index in [0.717, 1.165) is 37.3 Å². The zero-order chi connectivity index (χ0) is 17.3. The van der Waals surface area contributed by atoms with Crippen LogP contribution in [0, 0.1) is 5.92 Å². The molecule has 0 unspecified atom stereocenters. The van der Waals surface area contributed by atoms with Crippen molar-refractivity contribution in [1.82, 2.24) is 15.0 Å². The zero-order valence-corrected chi connectivity index (χ0v) is 14.3. The Hall–Kier alpha value is -2.50. The molecule has 0 fully saturated rings. The van der Waals surface area contributed by atoms with Gasteiger partial charge in [-0.1, -0.05) is 13.8 Å². The number of aromatic nitrogens is 2. The molecular weight excluding hydrogens is 304 g/mol. The van der Waals surface area contributed by atoms with Crippen molar-refractivity contribution in [2.45, 2.75) is 46.6 Å². The van der Waals surface area contributed by atoms with E-state index in [1.165, 1.54) is 0 Å². The third-order valence-electron chi connectivity index (χ3n) is 4.74. The van der Waals surface area contributed by atoms with Crippen LogP contribution in [0.25, 0.3) is 10.9 Å². The Kier molecular flexibility index (Phi) is 4.46. The predicted molar refractivity (Wildman–Crippen MR) is 94.4 cm³/mol. The second-order valence-corrected chi connectivity index (χ2v) is 6.32. The quantitative estimate of drug-likeness (QED) is 0.693. The van der Waals surface area contributed by atoms with Crippen LogP contribution >= 0.6 is 0 Å². The number of nitrogens with one attached hydrogen (secondary N) is 1. The number of aryl methyl sites for hydroxylation is 1. The summed E-state index contributed by atoms with van der Waals surface area (Å²) in [4.78, 5) is 29.3. The molecule has 0 saturated heterocycles. The van der Waals surface area contributed by atoms with Gasteiger partial charge in [0.25, 0.3) is 11.5 Å². The summed E-state index contributed by atoms with van der Waals surface area (Å²) in [5, 5.41) is 4.71. The molecular formula is C18H22N4O2. The number of hydrogen-bond donors (Lipinski definition) is 1. The normalized spacial score (nSPS) is 15.4. The van der Waals surface area contributed by atoms with Crippen molar-refractivity contribution in [2.75, 3.05) is 0 Å². The number of hydrogen-bond acceptors (Lipinski definition) is 4. The third kappa shape index (κ3) is 2.96. The Bertz CT molecular complexity index is 882. The van der Waals surface area contributed by atoms with Crippen LogP contribution in [0.2, 0.25) is 0 Å². The average molecular weight is 326 g/mol. The summed E-state index contributed by atoms with van der Waals surface area (Å²) in [6, 6.07) is 4.99. The molecule has 2 heterocycles. The first-order chi connectivity index (χ1) is 11.5. The van der Waals surface area contributed by atoms with E-state index < -0.39 is 0 Å². The number of amides is 1. The largest absolute Gasteiger partial charge is 0.296 e. The van der Waals surface area contributed by atoms with E-state index in [1.54, 1.807) is 22.8 Å². The van der Waals surface area contributed by atoms with E-state index in [2.05, 4.69) is 29.4 Å². The lowest BCUT2D eigenvalue weighted by atomic mass is 10.1. The topological polar surface area (TPSA) is 76.3 Å². The summed E-state index contributed by atoms with van der Waals surface area (Å²) in [6.45, 7) is 6.78. The Balaban J connectivity index is 1.90. The first-order valence-corrected chi connectivity index (χ1v) is 8.39. The van der Waals surface area contributed by atoms with Crippen molar-refractivity contribution in [3.8, 4) is 0 Å². The van der Waals surface area contributed by atoms with E-state index >= 15 is 0 Å². The lowest BCUT2D eigenvalue weighted by molar-refractivity contribution is 0.0954. The number of nitrogens with zero attached hydrogens (tertiary/aromatic N) is 3. The monoisotopic (exact) mass is 326 g/mol. The van der Waals surface area contributed by atoms with Crippen LogP contribution in [-0.4, -0.2) is 21.2 Å². The molecule has 126 valence electrons. The Morgan fingerprint density at radius 2 is 2.25 bits per heavy atom. The number of carbonyl (C=O) groups is 1. The van der Waals surface area contributed by atoms with Gasteiger partial charge in [-0.25, -0.2) is 10.4 Å². The maximum Gasteiger partial charge on any atom is 0.271 e. The fraction of sp³-hybridized carbons (Fsp3) is 0.444. The molecule has 1 aromatic heterocycles. The van der Waals surface area contributed by atoms with E-state index in [-0.39, 0.29) is 11.5 Å². The van der Waals surface area contributed by atoms with Gasteiger partial charge >= 0.3 is 0 Å². The SMILES string of the molecule is CC[C@@H](C)/C(C)=N\NC(=O)c1ccc2c(=O)n3c(nc2c1)CCC3. The molecule has 1 aliphatic heterocycles. The summed E-state index contributed by atoms with van der Waals surface area (Å²) in [5.74, 6) is 0.837. The molecule has 2 aromatic rings. The Labute approximate surface area is 140 Å². The lowest BCUT2D eigenvalue weighted by Gasteiger charge is -2.09. The van der Waals surface area contributed by atoms with E-state index in [0.29, 0.717) is 22.4 Å². The number of carbonyl (C=O) groups excluding carboxylic acids is 1. The summed E-state index contributed by atoms with van der Waals surface area (Å²) < 4.78 is 1.72. The average Bonchev–Trinajstić information content (AvgIpc) is 3.07. The van der Waals surface area contributed by atoms with Gasteiger partial charge in [-0.15, -0.1) is 0 Å². The molecule has 0 saturated carbocycles. The minimum Gasteiger partial charge on any atom is -0.296 e. The molecule has 6 nitrogen and oxygen atoms in total. The molecule has 24 heavy (non-hydrogen) atoms. The van der Waals surface area contributed by atoms with Crippen molar-refractivity contribution < 1.29 is 4.79 Å². The van der Waals surface area contributed by atoms with Crippen LogP contribution in [-0.2, 0) is 13.0 Å². The standard InChI is InChI=1S/C18H22N4O2/c1-4-11(2)12(3)20-21-17(23)13-7-8-14-15(10-13)19-16-6-5-9-22(16)18(14)24/h7-8,10-11H,4-6,9H2,1-3H3,(H,21,23)/b20-12-/t11-/m1/s1. The smallest absolute Gasteiger partial charge is 0.271 e. The zero-order valence-electron chi connectivity index (χ0n) is 14.3. The van der Waals surface area contributed by atoms with Crippen molar-refractivity contribution in [3.05, 3.63) is 39.9 Å². The van der Waals surface area contributed by atoms with Gasteiger partial charge in [0.1, 0.15) is 5.82 Å². The Morgan fingerprint density at radius 1 is 1.46 bits per heavy atom.